The van der Waals surface area contributed by atoms with Crippen LogP contribution in [0, 0.1) is 5.82 Å². The van der Waals surface area contributed by atoms with E-state index in [1.54, 1.807) is 12.1 Å². The van der Waals surface area contributed by atoms with E-state index in [1.165, 1.54) is 12.1 Å². The van der Waals surface area contributed by atoms with E-state index < -0.39 is 0 Å². The minimum atomic E-state index is -0.247. The zero-order valence-electron chi connectivity index (χ0n) is 11.4. The number of hydrazine groups is 1. The van der Waals surface area contributed by atoms with Crippen LogP contribution in [0.1, 0.15) is 24.7 Å². The van der Waals surface area contributed by atoms with Gasteiger partial charge in [-0.15, -0.1) is 0 Å². The van der Waals surface area contributed by atoms with Gasteiger partial charge in [-0.05, 0) is 24.1 Å². The van der Waals surface area contributed by atoms with Crippen LogP contribution in [0.2, 0.25) is 0 Å². The summed E-state index contributed by atoms with van der Waals surface area (Å²) < 4.78 is 13.1. The Balaban J connectivity index is 2.10. The molecule has 0 bridgehead atoms. The van der Waals surface area contributed by atoms with E-state index in [1.807, 2.05) is 6.07 Å². The van der Waals surface area contributed by atoms with Gasteiger partial charge in [0.05, 0.1) is 0 Å². The van der Waals surface area contributed by atoms with E-state index >= 15 is 0 Å². The quantitative estimate of drug-likeness (QED) is 0.557. The van der Waals surface area contributed by atoms with Crippen molar-refractivity contribution in [3.05, 3.63) is 47.5 Å². The van der Waals surface area contributed by atoms with Gasteiger partial charge < -0.3 is 10.7 Å². The summed E-state index contributed by atoms with van der Waals surface area (Å²) in [4.78, 5) is 8.66. The van der Waals surface area contributed by atoms with E-state index in [2.05, 4.69) is 27.6 Å². The molecule has 6 heteroatoms. The molecule has 20 heavy (non-hydrogen) atoms. The molecule has 5 nitrogen and oxygen atoms in total. The molecule has 0 aliphatic heterocycles. The second-order valence-corrected chi connectivity index (χ2v) is 4.43. The maximum Gasteiger partial charge on any atom is 0.145 e. The molecule has 2 rings (SSSR count). The third-order valence-corrected chi connectivity index (χ3v) is 2.76. The summed E-state index contributed by atoms with van der Waals surface area (Å²) in [6.07, 6.45) is 1.74. The lowest BCUT2D eigenvalue weighted by Gasteiger charge is -2.09. The van der Waals surface area contributed by atoms with Crippen molar-refractivity contribution in [1.82, 2.24) is 9.97 Å². The number of hydrogen-bond acceptors (Lipinski definition) is 5. The fourth-order valence-corrected chi connectivity index (χ4v) is 1.84. The molecule has 4 N–H and O–H groups in total. The summed E-state index contributed by atoms with van der Waals surface area (Å²) in [7, 11) is 0. The molecule has 0 amide bonds. The van der Waals surface area contributed by atoms with Crippen molar-refractivity contribution in [3.63, 3.8) is 0 Å². The number of nitrogens with one attached hydrogen (secondary N) is 2. The molecule has 0 aliphatic rings. The highest BCUT2D eigenvalue weighted by molar-refractivity contribution is 5.47. The number of nitrogens with zero attached hydrogens (tertiary/aromatic N) is 2. The molecule has 0 unspecified atom stereocenters. The van der Waals surface area contributed by atoms with Crippen LogP contribution in [0.5, 0.6) is 0 Å². The summed E-state index contributed by atoms with van der Waals surface area (Å²) in [5.74, 6) is 7.10. The van der Waals surface area contributed by atoms with Crippen molar-refractivity contribution < 1.29 is 4.39 Å². The third-order valence-electron chi connectivity index (χ3n) is 2.76. The number of nitrogen functional groups attached to an aromatic ring is 1. The monoisotopic (exact) mass is 275 g/mol. The lowest BCUT2D eigenvalue weighted by atomic mass is 10.2. The van der Waals surface area contributed by atoms with E-state index in [0.29, 0.717) is 18.2 Å². The Morgan fingerprint density at radius 1 is 1.20 bits per heavy atom. The van der Waals surface area contributed by atoms with Crippen LogP contribution in [0.4, 0.5) is 16.0 Å². The highest BCUT2D eigenvalue weighted by Crippen LogP contribution is 2.13. The normalized spacial score (nSPS) is 10.3. The highest BCUT2D eigenvalue weighted by Gasteiger charge is 2.04. The number of rotatable bonds is 6. The van der Waals surface area contributed by atoms with Gasteiger partial charge in [-0.25, -0.2) is 20.2 Å². The molecule has 1 heterocycles. The van der Waals surface area contributed by atoms with Crippen LogP contribution < -0.4 is 16.6 Å². The molecule has 0 atom stereocenters. The fourth-order valence-electron chi connectivity index (χ4n) is 1.84. The maximum absolute atomic E-state index is 13.1. The van der Waals surface area contributed by atoms with Gasteiger partial charge >= 0.3 is 0 Å². The fraction of sp³-hybridized carbons (Fsp3) is 0.286. The lowest BCUT2D eigenvalue weighted by molar-refractivity contribution is 0.626. The first-order valence-corrected chi connectivity index (χ1v) is 6.54. The molecule has 0 saturated carbocycles. The Kier molecular flexibility index (Phi) is 4.84. The molecule has 0 saturated heterocycles. The van der Waals surface area contributed by atoms with Crippen molar-refractivity contribution in [2.24, 2.45) is 5.84 Å². The number of aryl methyl sites for hydroxylation is 1. The van der Waals surface area contributed by atoms with Crippen LogP contribution in [0.15, 0.2) is 30.3 Å². The Morgan fingerprint density at radius 3 is 2.70 bits per heavy atom. The number of halogens is 1. The van der Waals surface area contributed by atoms with Gasteiger partial charge in [0.15, 0.2) is 0 Å². The number of anilines is 2. The van der Waals surface area contributed by atoms with E-state index in [4.69, 9.17) is 5.84 Å². The largest absolute Gasteiger partial charge is 0.366 e. The lowest BCUT2D eigenvalue weighted by Crippen LogP contribution is -2.12. The molecule has 1 aromatic heterocycles. The van der Waals surface area contributed by atoms with Gasteiger partial charge in [0.2, 0.25) is 0 Å². The van der Waals surface area contributed by atoms with E-state index in [9.17, 15) is 4.39 Å². The van der Waals surface area contributed by atoms with Crippen molar-refractivity contribution in [2.75, 3.05) is 10.7 Å². The maximum atomic E-state index is 13.1. The van der Waals surface area contributed by atoms with Crippen molar-refractivity contribution >= 4 is 11.6 Å². The van der Waals surface area contributed by atoms with E-state index in [0.717, 1.165) is 24.2 Å². The van der Waals surface area contributed by atoms with Gasteiger partial charge in [0.1, 0.15) is 23.3 Å². The zero-order valence-corrected chi connectivity index (χ0v) is 11.4. The van der Waals surface area contributed by atoms with Crippen molar-refractivity contribution in [1.29, 1.82) is 0 Å². The first-order valence-electron chi connectivity index (χ1n) is 6.54. The predicted molar refractivity (Wildman–Crippen MR) is 77.6 cm³/mol. The molecular formula is C14H18FN5. The third kappa shape index (κ3) is 3.89. The zero-order chi connectivity index (χ0) is 14.4. The van der Waals surface area contributed by atoms with Gasteiger partial charge in [0, 0.05) is 19.0 Å². The number of aromatic nitrogens is 2. The molecule has 0 aliphatic carbocycles. The Hall–Kier alpha value is -2.21. The second kappa shape index (κ2) is 6.81. The Labute approximate surface area is 117 Å². The standard InChI is InChI=1S/C14H18FN5/c1-2-4-12-18-13(8-14(19-12)20-16)17-9-10-5-3-6-11(15)7-10/h3,5-8H,2,4,9,16H2,1H3,(H2,17,18,19,20). The van der Waals surface area contributed by atoms with Crippen LogP contribution in [-0.4, -0.2) is 9.97 Å². The molecule has 0 spiro atoms. The van der Waals surface area contributed by atoms with Crippen molar-refractivity contribution in [2.45, 2.75) is 26.3 Å². The minimum Gasteiger partial charge on any atom is -0.366 e. The Morgan fingerprint density at radius 2 is 2.00 bits per heavy atom. The predicted octanol–water partition coefficient (Wildman–Crippen LogP) is 2.47. The Bertz CT molecular complexity index is 573. The average Bonchev–Trinajstić information content (AvgIpc) is 2.45. The SMILES string of the molecule is CCCc1nc(NN)cc(NCc2cccc(F)c2)n1. The van der Waals surface area contributed by atoms with Crippen LogP contribution in [0.3, 0.4) is 0 Å². The number of hydrogen-bond donors (Lipinski definition) is 3. The van der Waals surface area contributed by atoms with Gasteiger partial charge in [-0.2, -0.15) is 0 Å². The smallest absolute Gasteiger partial charge is 0.145 e. The number of benzene rings is 1. The van der Waals surface area contributed by atoms with Crippen LogP contribution in [0.25, 0.3) is 0 Å². The van der Waals surface area contributed by atoms with Crippen molar-refractivity contribution in [3.8, 4) is 0 Å². The van der Waals surface area contributed by atoms with Gasteiger partial charge in [-0.1, -0.05) is 19.1 Å². The topological polar surface area (TPSA) is 75.9 Å². The van der Waals surface area contributed by atoms with Crippen LogP contribution in [-0.2, 0) is 13.0 Å². The molecule has 106 valence electrons. The second-order valence-electron chi connectivity index (χ2n) is 4.43. The summed E-state index contributed by atoms with van der Waals surface area (Å²) >= 11 is 0. The number of nitrogens with two attached hydrogens (primary N) is 1. The summed E-state index contributed by atoms with van der Waals surface area (Å²) in [5, 5.41) is 3.15. The highest BCUT2D eigenvalue weighted by atomic mass is 19.1. The summed E-state index contributed by atoms with van der Waals surface area (Å²) in [6.45, 7) is 2.55. The first kappa shape index (κ1) is 14.2. The molecule has 2 aromatic rings. The van der Waals surface area contributed by atoms with Crippen LogP contribution >= 0.6 is 0 Å². The van der Waals surface area contributed by atoms with Gasteiger partial charge in [0.25, 0.3) is 0 Å². The average molecular weight is 275 g/mol. The minimum absolute atomic E-state index is 0.247. The summed E-state index contributed by atoms with van der Waals surface area (Å²) in [5.41, 5.74) is 3.37. The molecule has 0 fully saturated rings. The van der Waals surface area contributed by atoms with Gasteiger partial charge in [-0.3, -0.25) is 0 Å². The molecular weight excluding hydrogens is 257 g/mol. The first-order chi connectivity index (χ1) is 9.71. The molecule has 0 radical (unpaired) electrons. The molecule has 1 aromatic carbocycles. The summed E-state index contributed by atoms with van der Waals surface area (Å²) in [6, 6.07) is 8.17. The van der Waals surface area contributed by atoms with E-state index in [-0.39, 0.29) is 5.82 Å².